The first-order chi connectivity index (χ1) is 8.04. The Hall–Kier alpha value is -1.68. The third kappa shape index (κ3) is 1.96. The molecule has 0 radical (unpaired) electrons. The maximum atomic E-state index is 13.0. The van der Waals surface area contributed by atoms with E-state index in [1.807, 2.05) is 0 Å². The number of aldehydes is 1. The fraction of sp³-hybridized carbons (Fsp3) is 0.167. The zero-order valence-corrected chi connectivity index (χ0v) is 10.1. The summed E-state index contributed by atoms with van der Waals surface area (Å²) in [6.07, 6.45) is 0.763. The van der Waals surface area contributed by atoms with Crippen molar-refractivity contribution < 1.29 is 9.18 Å². The van der Waals surface area contributed by atoms with Crippen molar-refractivity contribution in [3.63, 3.8) is 0 Å². The van der Waals surface area contributed by atoms with Gasteiger partial charge in [0.25, 0.3) is 0 Å². The highest BCUT2D eigenvalue weighted by molar-refractivity contribution is 6.30. The van der Waals surface area contributed by atoms with Crippen molar-refractivity contribution in [3.05, 3.63) is 46.0 Å². The second kappa shape index (κ2) is 4.30. The van der Waals surface area contributed by atoms with E-state index >= 15 is 0 Å². The van der Waals surface area contributed by atoms with Crippen LogP contribution in [0.4, 0.5) is 4.39 Å². The molecule has 0 saturated carbocycles. The Balaban J connectivity index is 2.60. The van der Waals surface area contributed by atoms with Gasteiger partial charge in [0.05, 0.1) is 27.7 Å². The number of carbonyl (C=O) groups excluding carboxylic acids is 1. The summed E-state index contributed by atoms with van der Waals surface area (Å²) in [6, 6.07) is 4.31. The summed E-state index contributed by atoms with van der Waals surface area (Å²) < 4.78 is 14.6. The summed E-state index contributed by atoms with van der Waals surface area (Å²) in [7, 11) is 0. The van der Waals surface area contributed by atoms with Gasteiger partial charge in [0.2, 0.25) is 0 Å². The van der Waals surface area contributed by atoms with Crippen LogP contribution in [-0.2, 0) is 0 Å². The molecule has 2 rings (SSSR count). The van der Waals surface area contributed by atoms with Crippen LogP contribution in [0, 0.1) is 19.7 Å². The van der Waals surface area contributed by atoms with E-state index in [1.54, 1.807) is 24.6 Å². The molecule has 5 heteroatoms. The van der Waals surface area contributed by atoms with Gasteiger partial charge >= 0.3 is 0 Å². The molecule has 0 amide bonds. The monoisotopic (exact) mass is 252 g/mol. The number of benzene rings is 1. The highest BCUT2D eigenvalue weighted by atomic mass is 35.5. The third-order valence-corrected chi connectivity index (χ3v) is 2.90. The molecule has 1 aromatic carbocycles. The molecule has 0 aliphatic heterocycles. The summed E-state index contributed by atoms with van der Waals surface area (Å²) in [5.41, 5.74) is 2.52. The predicted octanol–water partition coefficient (Wildman–Crippen LogP) is 3.09. The van der Waals surface area contributed by atoms with Gasteiger partial charge < -0.3 is 0 Å². The normalized spacial score (nSPS) is 10.6. The Morgan fingerprint density at radius 3 is 2.65 bits per heavy atom. The molecule has 0 aliphatic carbocycles. The molecule has 0 aliphatic rings. The third-order valence-electron chi connectivity index (χ3n) is 2.61. The summed E-state index contributed by atoms with van der Waals surface area (Å²) in [5, 5.41) is 4.26. The average molecular weight is 253 g/mol. The minimum absolute atomic E-state index is 0.0303. The Kier molecular flexibility index (Phi) is 2.98. The average Bonchev–Trinajstić information content (AvgIpc) is 2.58. The van der Waals surface area contributed by atoms with Crippen LogP contribution in [0.5, 0.6) is 0 Å². The smallest absolute Gasteiger partial charge is 0.153 e. The fourth-order valence-corrected chi connectivity index (χ4v) is 1.87. The van der Waals surface area contributed by atoms with Gasteiger partial charge in [-0.2, -0.15) is 5.10 Å². The summed E-state index contributed by atoms with van der Waals surface area (Å²) in [4.78, 5) is 10.9. The zero-order chi connectivity index (χ0) is 12.6. The molecule has 0 bridgehead atoms. The molecule has 0 saturated heterocycles. The second-order valence-corrected chi connectivity index (χ2v) is 4.12. The number of carbonyl (C=O) groups is 1. The van der Waals surface area contributed by atoms with Crippen LogP contribution in [0.25, 0.3) is 5.69 Å². The van der Waals surface area contributed by atoms with Gasteiger partial charge in [0, 0.05) is 0 Å². The molecule has 2 aromatic rings. The number of rotatable bonds is 2. The van der Waals surface area contributed by atoms with Crippen LogP contribution in [-0.4, -0.2) is 16.1 Å². The number of aryl methyl sites for hydroxylation is 1. The van der Waals surface area contributed by atoms with Crippen molar-refractivity contribution in [3.8, 4) is 5.69 Å². The van der Waals surface area contributed by atoms with E-state index in [2.05, 4.69) is 5.10 Å². The first kappa shape index (κ1) is 11.8. The molecule has 0 atom stereocenters. The van der Waals surface area contributed by atoms with Crippen molar-refractivity contribution in [1.29, 1.82) is 0 Å². The van der Waals surface area contributed by atoms with Gasteiger partial charge in [-0.15, -0.1) is 0 Å². The molecular weight excluding hydrogens is 243 g/mol. The summed E-state index contributed by atoms with van der Waals surface area (Å²) >= 11 is 5.71. The Morgan fingerprint density at radius 1 is 1.41 bits per heavy atom. The SMILES string of the molecule is Cc1nn(-c2ccc(F)c(Cl)c2)c(C)c1C=O. The first-order valence-corrected chi connectivity index (χ1v) is 5.39. The van der Waals surface area contributed by atoms with Crippen molar-refractivity contribution in [2.24, 2.45) is 0 Å². The van der Waals surface area contributed by atoms with Crippen LogP contribution >= 0.6 is 11.6 Å². The lowest BCUT2D eigenvalue weighted by Gasteiger charge is -2.05. The lowest BCUT2D eigenvalue weighted by atomic mass is 10.2. The van der Waals surface area contributed by atoms with Gasteiger partial charge in [0.1, 0.15) is 5.82 Å². The number of aromatic nitrogens is 2. The number of nitrogens with zero attached hydrogens (tertiary/aromatic N) is 2. The maximum Gasteiger partial charge on any atom is 0.153 e. The van der Waals surface area contributed by atoms with Crippen LogP contribution in [0.2, 0.25) is 5.02 Å². The molecule has 0 fully saturated rings. The molecule has 1 aromatic heterocycles. The van der Waals surface area contributed by atoms with Crippen molar-refractivity contribution >= 4 is 17.9 Å². The zero-order valence-electron chi connectivity index (χ0n) is 9.37. The van der Waals surface area contributed by atoms with E-state index in [4.69, 9.17) is 11.6 Å². The van der Waals surface area contributed by atoms with E-state index in [0.717, 1.165) is 6.29 Å². The Bertz CT molecular complexity index is 592. The highest BCUT2D eigenvalue weighted by Crippen LogP contribution is 2.21. The molecule has 3 nitrogen and oxygen atoms in total. The Labute approximate surface area is 103 Å². The van der Waals surface area contributed by atoms with Gasteiger partial charge in [-0.1, -0.05) is 11.6 Å². The summed E-state index contributed by atoms with van der Waals surface area (Å²) in [6.45, 7) is 3.53. The standard InChI is InChI=1S/C12H10ClFN2O/c1-7-10(6-17)8(2)16(15-7)9-3-4-12(14)11(13)5-9/h3-6H,1-2H3. The van der Waals surface area contributed by atoms with Gasteiger partial charge in [-0.3, -0.25) is 4.79 Å². The van der Waals surface area contributed by atoms with E-state index in [9.17, 15) is 9.18 Å². The second-order valence-electron chi connectivity index (χ2n) is 3.71. The predicted molar refractivity (Wildman–Crippen MR) is 63.4 cm³/mol. The molecule has 17 heavy (non-hydrogen) atoms. The van der Waals surface area contributed by atoms with Gasteiger partial charge in [-0.25, -0.2) is 9.07 Å². The fourth-order valence-electron chi connectivity index (χ4n) is 1.69. The lowest BCUT2D eigenvalue weighted by Crippen LogP contribution is -1.99. The quantitative estimate of drug-likeness (QED) is 0.770. The van der Waals surface area contributed by atoms with E-state index in [-0.39, 0.29) is 5.02 Å². The van der Waals surface area contributed by atoms with Crippen LogP contribution in [0.3, 0.4) is 0 Å². The molecule has 88 valence electrons. The molecule has 0 N–H and O–H groups in total. The number of halogens is 2. The van der Waals surface area contributed by atoms with Crippen molar-refractivity contribution in [2.75, 3.05) is 0 Å². The summed E-state index contributed by atoms with van der Waals surface area (Å²) in [5.74, 6) is -0.479. The highest BCUT2D eigenvalue weighted by Gasteiger charge is 2.12. The first-order valence-electron chi connectivity index (χ1n) is 5.01. The number of hydrogen-bond donors (Lipinski definition) is 0. The molecular formula is C12H10ClFN2O. The molecule has 0 unspecified atom stereocenters. The molecule has 0 spiro atoms. The van der Waals surface area contributed by atoms with Crippen LogP contribution in [0.15, 0.2) is 18.2 Å². The van der Waals surface area contributed by atoms with Crippen LogP contribution in [0.1, 0.15) is 21.7 Å². The maximum absolute atomic E-state index is 13.0. The minimum Gasteiger partial charge on any atom is -0.298 e. The van der Waals surface area contributed by atoms with Crippen molar-refractivity contribution in [1.82, 2.24) is 9.78 Å². The van der Waals surface area contributed by atoms with Crippen LogP contribution < -0.4 is 0 Å². The minimum atomic E-state index is -0.479. The van der Waals surface area contributed by atoms with E-state index in [0.29, 0.717) is 22.6 Å². The topological polar surface area (TPSA) is 34.9 Å². The van der Waals surface area contributed by atoms with Crippen molar-refractivity contribution in [2.45, 2.75) is 13.8 Å². The molecule has 1 heterocycles. The largest absolute Gasteiger partial charge is 0.298 e. The van der Waals surface area contributed by atoms with E-state index < -0.39 is 5.82 Å². The Morgan fingerprint density at radius 2 is 2.12 bits per heavy atom. The van der Waals surface area contributed by atoms with Gasteiger partial charge in [-0.05, 0) is 32.0 Å². The van der Waals surface area contributed by atoms with Gasteiger partial charge in [0.15, 0.2) is 6.29 Å². The lowest BCUT2D eigenvalue weighted by molar-refractivity contribution is 0.112. The van der Waals surface area contributed by atoms with E-state index in [1.165, 1.54) is 12.1 Å². The number of hydrogen-bond acceptors (Lipinski definition) is 2.